The summed E-state index contributed by atoms with van der Waals surface area (Å²) in [7, 11) is 1.66. The molecule has 0 saturated heterocycles. The van der Waals surface area contributed by atoms with Crippen molar-refractivity contribution in [1.29, 1.82) is 0 Å². The summed E-state index contributed by atoms with van der Waals surface area (Å²) in [6.45, 7) is 3.96. The highest BCUT2D eigenvalue weighted by atomic mass is 35.5. The average Bonchev–Trinajstić information content (AvgIpc) is 2.27. The SMILES string of the molecule is COc1ccc(N)cc1-c1cc(C)nc(C)c1.Cl. The number of benzene rings is 1. The minimum atomic E-state index is 0. The second kappa shape index (κ2) is 5.74. The Morgan fingerprint density at radius 3 is 2.22 bits per heavy atom. The number of pyridine rings is 1. The lowest BCUT2D eigenvalue weighted by Crippen LogP contribution is -1.93. The summed E-state index contributed by atoms with van der Waals surface area (Å²) < 4.78 is 5.36. The molecule has 0 radical (unpaired) electrons. The zero-order valence-corrected chi connectivity index (χ0v) is 11.5. The zero-order valence-electron chi connectivity index (χ0n) is 10.7. The first-order valence-electron chi connectivity index (χ1n) is 5.49. The number of rotatable bonds is 2. The number of aryl methyl sites for hydroxylation is 2. The van der Waals surface area contributed by atoms with Gasteiger partial charge in [0.2, 0.25) is 0 Å². The molecule has 0 bridgehead atoms. The van der Waals surface area contributed by atoms with Crippen molar-refractivity contribution in [1.82, 2.24) is 4.98 Å². The molecule has 4 heteroatoms. The Labute approximate surface area is 113 Å². The van der Waals surface area contributed by atoms with Gasteiger partial charge in [-0.15, -0.1) is 12.4 Å². The lowest BCUT2D eigenvalue weighted by Gasteiger charge is -2.10. The Balaban J connectivity index is 0.00000162. The van der Waals surface area contributed by atoms with Gasteiger partial charge in [-0.1, -0.05) is 0 Å². The van der Waals surface area contributed by atoms with Crippen molar-refractivity contribution < 1.29 is 4.74 Å². The third kappa shape index (κ3) is 2.93. The topological polar surface area (TPSA) is 48.1 Å². The molecule has 1 aromatic carbocycles. The van der Waals surface area contributed by atoms with Crippen LogP contribution in [0.1, 0.15) is 11.4 Å². The maximum atomic E-state index is 5.82. The van der Waals surface area contributed by atoms with Crippen molar-refractivity contribution in [2.75, 3.05) is 12.8 Å². The van der Waals surface area contributed by atoms with Gasteiger partial charge in [0.25, 0.3) is 0 Å². The molecule has 1 heterocycles. The van der Waals surface area contributed by atoms with Gasteiger partial charge < -0.3 is 10.5 Å². The Hall–Kier alpha value is -1.74. The molecule has 2 rings (SSSR count). The summed E-state index contributed by atoms with van der Waals surface area (Å²) in [6, 6.07) is 9.71. The van der Waals surface area contributed by atoms with Gasteiger partial charge in [-0.25, -0.2) is 0 Å². The third-order valence-corrected chi connectivity index (χ3v) is 2.62. The van der Waals surface area contributed by atoms with Crippen LogP contribution in [0.4, 0.5) is 5.69 Å². The largest absolute Gasteiger partial charge is 0.496 e. The van der Waals surface area contributed by atoms with Gasteiger partial charge in [0.05, 0.1) is 7.11 Å². The predicted octanol–water partition coefficient (Wildman–Crippen LogP) is 3.38. The van der Waals surface area contributed by atoms with Gasteiger partial charge in [-0.05, 0) is 49.7 Å². The molecule has 0 aliphatic carbocycles. The molecule has 2 N–H and O–H groups in total. The molecule has 0 spiro atoms. The highest BCUT2D eigenvalue weighted by Gasteiger charge is 2.07. The summed E-state index contributed by atoms with van der Waals surface area (Å²) in [5.74, 6) is 0.823. The summed E-state index contributed by atoms with van der Waals surface area (Å²) in [4.78, 5) is 4.37. The number of hydrogen-bond donors (Lipinski definition) is 1. The Morgan fingerprint density at radius 1 is 1.06 bits per heavy atom. The lowest BCUT2D eigenvalue weighted by atomic mass is 10.0. The van der Waals surface area contributed by atoms with E-state index in [9.17, 15) is 0 Å². The van der Waals surface area contributed by atoms with E-state index in [0.717, 1.165) is 34.0 Å². The van der Waals surface area contributed by atoms with Gasteiger partial charge in [0.1, 0.15) is 5.75 Å². The number of nitrogens with zero attached hydrogens (tertiary/aromatic N) is 1. The van der Waals surface area contributed by atoms with Crippen molar-refractivity contribution in [2.24, 2.45) is 0 Å². The van der Waals surface area contributed by atoms with Crippen LogP contribution in [0, 0.1) is 13.8 Å². The number of ether oxygens (including phenoxy) is 1. The van der Waals surface area contributed by atoms with Crippen LogP contribution in [0.3, 0.4) is 0 Å². The average molecular weight is 265 g/mol. The molecule has 0 amide bonds. The molecular weight excluding hydrogens is 248 g/mol. The van der Waals surface area contributed by atoms with Gasteiger partial charge in [0, 0.05) is 22.6 Å². The van der Waals surface area contributed by atoms with Crippen LogP contribution >= 0.6 is 12.4 Å². The molecule has 0 aliphatic heterocycles. The Bertz CT molecular complexity index is 535. The van der Waals surface area contributed by atoms with Gasteiger partial charge >= 0.3 is 0 Å². The molecule has 2 aromatic rings. The second-order valence-corrected chi connectivity index (χ2v) is 4.10. The van der Waals surface area contributed by atoms with Crippen molar-refractivity contribution in [3.8, 4) is 16.9 Å². The fourth-order valence-corrected chi connectivity index (χ4v) is 1.94. The number of nitrogens with two attached hydrogens (primary N) is 1. The van der Waals surface area contributed by atoms with E-state index in [0.29, 0.717) is 0 Å². The maximum absolute atomic E-state index is 5.82. The standard InChI is InChI=1S/C14H16N2O.ClH/c1-9-6-11(7-10(2)16-9)13-8-12(15)4-5-14(13)17-3;/h4-8H,15H2,1-3H3;1H. The van der Waals surface area contributed by atoms with Crippen molar-refractivity contribution in [3.63, 3.8) is 0 Å². The molecule has 1 aromatic heterocycles. The number of halogens is 1. The number of methoxy groups -OCH3 is 1. The first kappa shape index (κ1) is 14.3. The normalized spacial score (nSPS) is 9.72. The predicted molar refractivity (Wildman–Crippen MR) is 77.4 cm³/mol. The molecule has 0 aliphatic rings. The van der Waals surface area contributed by atoms with E-state index >= 15 is 0 Å². The molecule has 96 valence electrons. The molecule has 0 atom stereocenters. The Morgan fingerprint density at radius 2 is 1.67 bits per heavy atom. The van der Waals surface area contributed by atoms with E-state index in [4.69, 9.17) is 10.5 Å². The second-order valence-electron chi connectivity index (χ2n) is 4.10. The van der Waals surface area contributed by atoms with E-state index in [1.165, 1.54) is 0 Å². The number of anilines is 1. The summed E-state index contributed by atoms with van der Waals surface area (Å²) in [6.07, 6.45) is 0. The molecule has 3 nitrogen and oxygen atoms in total. The van der Waals surface area contributed by atoms with E-state index in [1.54, 1.807) is 7.11 Å². The summed E-state index contributed by atoms with van der Waals surface area (Å²) in [5, 5.41) is 0. The summed E-state index contributed by atoms with van der Waals surface area (Å²) >= 11 is 0. The number of hydrogen-bond acceptors (Lipinski definition) is 3. The number of nitrogen functional groups attached to an aromatic ring is 1. The first-order valence-corrected chi connectivity index (χ1v) is 5.49. The monoisotopic (exact) mass is 264 g/mol. The first-order chi connectivity index (χ1) is 8.10. The van der Waals surface area contributed by atoms with Crippen molar-refractivity contribution >= 4 is 18.1 Å². The Kier molecular flexibility index (Phi) is 4.56. The quantitative estimate of drug-likeness (QED) is 0.846. The van der Waals surface area contributed by atoms with E-state index < -0.39 is 0 Å². The van der Waals surface area contributed by atoms with Gasteiger partial charge in [-0.3, -0.25) is 4.98 Å². The van der Waals surface area contributed by atoms with Crippen LogP contribution in [0.25, 0.3) is 11.1 Å². The van der Waals surface area contributed by atoms with Crippen molar-refractivity contribution in [2.45, 2.75) is 13.8 Å². The zero-order chi connectivity index (χ0) is 12.4. The minimum Gasteiger partial charge on any atom is -0.496 e. The smallest absolute Gasteiger partial charge is 0.126 e. The van der Waals surface area contributed by atoms with Crippen LogP contribution in [-0.2, 0) is 0 Å². The van der Waals surface area contributed by atoms with E-state index in [1.807, 2.05) is 44.2 Å². The molecule has 0 saturated carbocycles. The highest BCUT2D eigenvalue weighted by Crippen LogP contribution is 2.32. The number of aromatic nitrogens is 1. The fraction of sp³-hybridized carbons (Fsp3) is 0.214. The van der Waals surface area contributed by atoms with Gasteiger partial charge in [0.15, 0.2) is 0 Å². The lowest BCUT2D eigenvalue weighted by molar-refractivity contribution is 0.416. The fourth-order valence-electron chi connectivity index (χ4n) is 1.94. The van der Waals surface area contributed by atoms with Crippen LogP contribution in [0.15, 0.2) is 30.3 Å². The van der Waals surface area contributed by atoms with Crippen LogP contribution in [0.2, 0.25) is 0 Å². The van der Waals surface area contributed by atoms with Gasteiger partial charge in [-0.2, -0.15) is 0 Å². The van der Waals surface area contributed by atoms with Crippen LogP contribution in [0.5, 0.6) is 5.75 Å². The maximum Gasteiger partial charge on any atom is 0.126 e. The highest BCUT2D eigenvalue weighted by molar-refractivity contribution is 5.85. The third-order valence-electron chi connectivity index (χ3n) is 2.62. The summed E-state index contributed by atoms with van der Waals surface area (Å²) in [5.41, 5.74) is 10.6. The minimum absolute atomic E-state index is 0. The molecular formula is C14H17ClN2O. The van der Waals surface area contributed by atoms with Crippen LogP contribution in [-0.4, -0.2) is 12.1 Å². The van der Waals surface area contributed by atoms with Crippen molar-refractivity contribution in [3.05, 3.63) is 41.7 Å². The molecule has 0 fully saturated rings. The van der Waals surface area contributed by atoms with Crippen LogP contribution < -0.4 is 10.5 Å². The van der Waals surface area contributed by atoms with E-state index in [-0.39, 0.29) is 12.4 Å². The molecule has 0 unspecified atom stereocenters. The molecule has 18 heavy (non-hydrogen) atoms. The van der Waals surface area contributed by atoms with E-state index in [2.05, 4.69) is 4.98 Å².